The minimum atomic E-state index is -4.09. The number of likely N-dealkylation sites (tertiary alicyclic amines) is 1. The van der Waals surface area contributed by atoms with Crippen molar-refractivity contribution in [2.24, 2.45) is 0 Å². The van der Waals surface area contributed by atoms with E-state index in [1.54, 1.807) is 6.07 Å². The predicted octanol–water partition coefficient (Wildman–Crippen LogP) is 2.54. The average molecular weight is 537 g/mol. The van der Waals surface area contributed by atoms with Gasteiger partial charge >= 0.3 is 5.97 Å². The summed E-state index contributed by atoms with van der Waals surface area (Å²) in [6.45, 7) is 2.50. The number of nitrogens with one attached hydrogen (secondary N) is 1. The second-order valence-electron chi connectivity index (χ2n) is 7.47. The molecule has 0 radical (unpaired) electrons. The van der Waals surface area contributed by atoms with E-state index in [1.165, 1.54) is 46.3 Å². The number of methoxy groups -OCH3 is 2. The van der Waals surface area contributed by atoms with Crippen molar-refractivity contribution in [3.8, 4) is 17.2 Å². The minimum Gasteiger partial charge on any atom is -0.499 e. The van der Waals surface area contributed by atoms with Crippen LogP contribution in [-0.2, 0) is 28.0 Å². The molecule has 2 bridgehead atoms. The smallest absolute Gasteiger partial charge is 0.356 e. The molecule has 0 aromatic heterocycles. The number of ether oxygens (including phenoxy) is 3. The molecule has 2 N–H and O–H groups in total. The first-order valence-corrected chi connectivity index (χ1v) is 13.3. The lowest BCUT2D eigenvalue weighted by Gasteiger charge is -2.45. The second kappa shape index (κ2) is 10.9. The lowest BCUT2D eigenvalue weighted by Crippen LogP contribution is -2.69. The van der Waals surface area contributed by atoms with E-state index in [1.807, 2.05) is 24.3 Å². The summed E-state index contributed by atoms with van der Waals surface area (Å²) in [5.74, 6) is -0.827. The number of allylic oxidation sites excluding steroid dienone is 1. The molecule has 5 rings (SSSR count). The number of hydrogen-bond donors (Lipinski definition) is 2. The summed E-state index contributed by atoms with van der Waals surface area (Å²) in [5.41, 5.74) is -0.508. The number of carbonyl (C=O) groups is 3. The van der Waals surface area contributed by atoms with E-state index < -0.39 is 43.8 Å². The fourth-order valence-electron chi connectivity index (χ4n) is 3.36. The number of amides is 2. The molecule has 3 aliphatic rings. The maximum absolute atomic E-state index is 13.0. The van der Waals surface area contributed by atoms with E-state index in [-0.39, 0.29) is 16.4 Å². The van der Waals surface area contributed by atoms with Crippen molar-refractivity contribution in [3.05, 3.63) is 60.0 Å². The summed E-state index contributed by atoms with van der Waals surface area (Å²) in [6, 6.07) is 12.5. The molecule has 3 aliphatic heterocycles. The number of carboxylic acid groups (broad SMARTS) is 1. The Balaban J connectivity index is 0.000000433. The zero-order valence-electron chi connectivity index (χ0n) is 19.8. The van der Waals surface area contributed by atoms with Crippen molar-refractivity contribution in [2.45, 2.75) is 30.2 Å². The molecule has 2 unspecified atom stereocenters. The fraction of sp³-hybridized carbons (Fsp3) is 0.261. The highest BCUT2D eigenvalue weighted by atomic mass is 33.1. The molecule has 11 nitrogen and oxygen atoms in total. The fourth-order valence-corrected chi connectivity index (χ4v) is 7.05. The molecule has 2 amide bonds. The molecule has 192 valence electrons. The van der Waals surface area contributed by atoms with Crippen molar-refractivity contribution in [2.75, 3.05) is 14.2 Å². The van der Waals surface area contributed by atoms with Crippen LogP contribution in [0.3, 0.4) is 0 Å². The average Bonchev–Trinajstić information content (AvgIpc) is 2.84. The topological polar surface area (TPSA) is 149 Å². The van der Waals surface area contributed by atoms with Crippen LogP contribution < -0.4 is 14.8 Å². The van der Waals surface area contributed by atoms with Crippen LogP contribution in [0.4, 0.5) is 0 Å². The first-order chi connectivity index (χ1) is 17.0. The van der Waals surface area contributed by atoms with Gasteiger partial charge in [-0.2, -0.15) is 0 Å². The van der Waals surface area contributed by atoms with Crippen LogP contribution in [0.5, 0.6) is 17.2 Å². The van der Waals surface area contributed by atoms with Crippen molar-refractivity contribution in [1.29, 1.82) is 0 Å². The standard InChI is InChI=1S/C17H20N2O8S2.C6H4O/c1-9(26-3)14(17(22)23)19-15(21)13(18-10(2)20)16(19)28-29(24,25)12-8-6-5-7-11(12)27-4;1-2-5-4-6(3-1)7-5/h5-8,13,16H,1-4H3,(H,18,20)(H,22,23);1-4H. The molecular weight excluding hydrogens is 512 g/mol. The number of nitrogens with zero attached hydrogens (tertiary/aromatic N) is 1. The number of rotatable bonds is 8. The Morgan fingerprint density at radius 1 is 1.08 bits per heavy atom. The number of carbonyl (C=O) groups excluding carboxylic acids is 2. The van der Waals surface area contributed by atoms with Crippen molar-refractivity contribution in [3.63, 3.8) is 0 Å². The van der Waals surface area contributed by atoms with E-state index in [9.17, 15) is 27.9 Å². The summed E-state index contributed by atoms with van der Waals surface area (Å²) in [7, 11) is -1.22. The minimum absolute atomic E-state index is 0.0904. The van der Waals surface area contributed by atoms with Gasteiger partial charge in [0.15, 0.2) is 5.70 Å². The van der Waals surface area contributed by atoms with Gasteiger partial charge in [-0.15, -0.1) is 0 Å². The monoisotopic (exact) mass is 536 g/mol. The van der Waals surface area contributed by atoms with Crippen LogP contribution in [0.15, 0.2) is 64.9 Å². The Labute approximate surface area is 211 Å². The van der Waals surface area contributed by atoms with Gasteiger partial charge in [0.05, 0.1) is 14.2 Å². The highest BCUT2D eigenvalue weighted by Crippen LogP contribution is 2.42. The number of β-lactam (4-membered cyclic amide) rings is 1. The van der Waals surface area contributed by atoms with Crippen molar-refractivity contribution >= 4 is 37.4 Å². The number of aliphatic carboxylic acids is 1. The molecule has 2 aromatic rings. The third-order valence-corrected chi connectivity index (χ3v) is 8.79. The zero-order chi connectivity index (χ0) is 26.6. The van der Waals surface area contributed by atoms with E-state index >= 15 is 0 Å². The first-order valence-electron chi connectivity index (χ1n) is 10.4. The Morgan fingerprint density at radius 2 is 1.69 bits per heavy atom. The third-order valence-electron chi connectivity index (χ3n) is 5.09. The summed E-state index contributed by atoms with van der Waals surface area (Å²) in [4.78, 5) is 36.3. The maximum Gasteiger partial charge on any atom is 0.356 e. The van der Waals surface area contributed by atoms with E-state index in [2.05, 4.69) is 5.32 Å². The number of para-hydroxylation sites is 1. The Hall–Kier alpha value is -3.71. The molecular formula is C23H24N2O9S2. The van der Waals surface area contributed by atoms with Gasteiger partial charge in [-0.25, -0.2) is 13.2 Å². The quantitative estimate of drug-likeness (QED) is 0.190. The van der Waals surface area contributed by atoms with Gasteiger partial charge in [-0.3, -0.25) is 14.5 Å². The number of fused-ring (bicyclic) bond motifs is 2. The van der Waals surface area contributed by atoms with Crippen LogP contribution in [0.25, 0.3) is 0 Å². The molecule has 0 saturated carbocycles. The van der Waals surface area contributed by atoms with E-state index in [0.29, 0.717) is 10.8 Å². The Kier molecular flexibility index (Phi) is 8.15. The van der Waals surface area contributed by atoms with Crippen molar-refractivity contribution in [1.82, 2.24) is 10.2 Å². The second-order valence-corrected chi connectivity index (χ2v) is 11.4. The SMILES string of the molecule is COC(C)=C(C(=O)O)N1C(=O)C(NC(C)=O)C1SS(=O)(=O)c1ccccc1OC.c1cc2cc(c1)O2. The van der Waals surface area contributed by atoms with Gasteiger partial charge in [0, 0.05) is 23.8 Å². The van der Waals surface area contributed by atoms with E-state index in [0.717, 1.165) is 16.4 Å². The summed E-state index contributed by atoms with van der Waals surface area (Å²) in [5, 5.41) is 10.6. The van der Waals surface area contributed by atoms with Gasteiger partial charge in [0.25, 0.3) is 5.91 Å². The first kappa shape index (κ1) is 26.9. The third kappa shape index (κ3) is 5.57. The molecule has 2 atom stereocenters. The normalized spacial score (nSPS) is 18.2. The Morgan fingerprint density at radius 3 is 2.14 bits per heavy atom. The van der Waals surface area contributed by atoms with Gasteiger partial charge < -0.3 is 24.6 Å². The summed E-state index contributed by atoms with van der Waals surface area (Å²) >= 11 is 0. The highest BCUT2D eigenvalue weighted by Gasteiger charge is 2.54. The van der Waals surface area contributed by atoms with Gasteiger partial charge in [0.2, 0.25) is 14.8 Å². The molecule has 13 heteroatoms. The predicted molar refractivity (Wildman–Crippen MR) is 130 cm³/mol. The number of hydrogen-bond acceptors (Lipinski definition) is 9. The molecule has 1 fully saturated rings. The van der Waals surface area contributed by atoms with Gasteiger partial charge in [0.1, 0.15) is 39.3 Å². The molecule has 3 heterocycles. The van der Waals surface area contributed by atoms with Gasteiger partial charge in [-0.1, -0.05) is 18.2 Å². The maximum atomic E-state index is 13.0. The molecule has 36 heavy (non-hydrogen) atoms. The lowest BCUT2D eigenvalue weighted by atomic mass is 10.1. The molecule has 0 spiro atoms. The molecule has 1 saturated heterocycles. The van der Waals surface area contributed by atoms with E-state index in [4.69, 9.17) is 14.2 Å². The Bertz CT molecular complexity index is 1300. The van der Waals surface area contributed by atoms with Crippen LogP contribution in [0.1, 0.15) is 13.8 Å². The van der Waals surface area contributed by atoms with Crippen LogP contribution in [0.2, 0.25) is 0 Å². The van der Waals surface area contributed by atoms with Crippen LogP contribution in [-0.4, -0.2) is 61.8 Å². The number of benzene rings is 2. The largest absolute Gasteiger partial charge is 0.499 e. The van der Waals surface area contributed by atoms with Crippen LogP contribution in [0, 0.1) is 0 Å². The summed E-state index contributed by atoms with van der Waals surface area (Å²) in [6.07, 6.45) is 0. The molecule has 2 aromatic carbocycles. The molecule has 0 aliphatic carbocycles. The highest BCUT2D eigenvalue weighted by molar-refractivity contribution is 8.72. The van der Waals surface area contributed by atoms with Gasteiger partial charge in [-0.05, 0) is 31.2 Å². The number of carboxylic acids is 1. The zero-order valence-corrected chi connectivity index (χ0v) is 21.4. The van der Waals surface area contributed by atoms with Crippen LogP contribution >= 0.6 is 10.8 Å². The lowest BCUT2D eigenvalue weighted by molar-refractivity contribution is -0.150. The summed E-state index contributed by atoms with van der Waals surface area (Å²) < 4.78 is 41.0. The van der Waals surface area contributed by atoms with Crippen molar-refractivity contribution < 1.29 is 42.1 Å².